The Morgan fingerprint density at radius 1 is 0.867 bits per heavy atom. The summed E-state index contributed by atoms with van der Waals surface area (Å²) in [6.45, 7) is 25.5. The van der Waals surface area contributed by atoms with Crippen molar-refractivity contribution in [1.82, 2.24) is 24.3 Å². The molecule has 0 amide bonds. The maximum absolute atomic E-state index is 5.30. The van der Waals surface area contributed by atoms with Crippen molar-refractivity contribution >= 4 is 0 Å². The van der Waals surface area contributed by atoms with Crippen LogP contribution in [-0.2, 0) is 11.3 Å². The predicted octanol–water partition coefficient (Wildman–Crippen LogP) is 4.32. The molecular formula is C24H53N5O. The van der Waals surface area contributed by atoms with Gasteiger partial charge in [-0.15, -0.1) is 0 Å². The molecule has 0 bridgehead atoms. The quantitative estimate of drug-likeness (QED) is 0.586. The average Bonchev–Trinajstić information content (AvgIpc) is 3.29. The van der Waals surface area contributed by atoms with Crippen LogP contribution in [0.3, 0.4) is 0 Å². The number of aromatic nitrogens is 2. The molecule has 6 heteroatoms. The average molecular weight is 428 g/mol. The highest BCUT2D eigenvalue weighted by Crippen LogP contribution is 1.99. The molecule has 1 fully saturated rings. The predicted molar refractivity (Wildman–Crippen MR) is 132 cm³/mol. The number of likely N-dealkylation sites (N-methyl/N-ethyl adjacent to an activating group) is 1. The zero-order valence-electron chi connectivity index (χ0n) is 21.9. The Morgan fingerprint density at radius 2 is 1.40 bits per heavy atom. The first-order chi connectivity index (χ1) is 14.4. The maximum Gasteiger partial charge on any atom is 0.0945 e. The minimum absolute atomic E-state index is 0.641. The van der Waals surface area contributed by atoms with Gasteiger partial charge in [-0.2, -0.15) is 0 Å². The number of imidazole rings is 1. The maximum atomic E-state index is 5.30. The summed E-state index contributed by atoms with van der Waals surface area (Å²) in [4.78, 5) is 11.2. The molecule has 6 nitrogen and oxygen atoms in total. The standard InChI is InChI=1S/C10H19N3.C10H22N2O.2C2H6/c1-10(2)12(3)6-4-7-13-8-5-11-9-13;1-10(2)11(3)4-5-12-6-8-13-9-7-12;2*1-2/h5,8-10H,4,6-7H2,1-3H3;10H,4-9H2,1-3H3;2*1-2H3. The summed E-state index contributed by atoms with van der Waals surface area (Å²) in [5.41, 5.74) is 0. The molecule has 0 atom stereocenters. The highest BCUT2D eigenvalue weighted by molar-refractivity contribution is 4.74. The zero-order valence-corrected chi connectivity index (χ0v) is 21.9. The summed E-state index contributed by atoms with van der Waals surface area (Å²) < 4.78 is 7.42. The molecule has 0 saturated carbocycles. The highest BCUT2D eigenvalue weighted by atomic mass is 16.5. The summed E-state index contributed by atoms with van der Waals surface area (Å²) in [5, 5.41) is 0. The molecule has 0 aliphatic carbocycles. The van der Waals surface area contributed by atoms with E-state index in [1.807, 2.05) is 46.4 Å². The zero-order chi connectivity index (χ0) is 23.4. The molecule has 2 heterocycles. The number of rotatable bonds is 9. The molecule has 0 N–H and O–H groups in total. The van der Waals surface area contributed by atoms with Gasteiger partial charge in [-0.1, -0.05) is 27.7 Å². The van der Waals surface area contributed by atoms with E-state index in [2.05, 4.69) is 66.0 Å². The largest absolute Gasteiger partial charge is 0.379 e. The highest BCUT2D eigenvalue weighted by Gasteiger charge is 2.11. The van der Waals surface area contributed by atoms with Gasteiger partial charge in [0.1, 0.15) is 0 Å². The van der Waals surface area contributed by atoms with Crippen LogP contribution >= 0.6 is 0 Å². The molecule has 1 aliphatic heterocycles. The Bertz CT molecular complexity index is 431. The Balaban J connectivity index is 0. The van der Waals surface area contributed by atoms with Gasteiger partial charge in [0, 0.05) is 57.2 Å². The Labute approximate surface area is 188 Å². The van der Waals surface area contributed by atoms with Crippen LogP contribution in [0.4, 0.5) is 0 Å². The summed E-state index contributed by atoms with van der Waals surface area (Å²) in [7, 11) is 4.35. The van der Waals surface area contributed by atoms with E-state index in [1.165, 1.54) is 13.0 Å². The third-order valence-corrected chi connectivity index (χ3v) is 5.12. The van der Waals surface area contributed by atoms with E-state index in [4.69, 9.17) is 4.74 Å². The third-order valence-electron chi connectivity index (χ3n) is 5.12. The Hall–Kier alpha value is -0.950. The lowest BCUT2D eigenvalue weighted by Crippen LogP contribution is -2.41. The van der Waals surface area contributed by atoms with Gasteiger partial charge in [-0.05, 0) is 54.8 Å². The molecule has 2 rings (SSSR count). The monoisotopic (exact) mass is 427 g/mol. The fraction of sp³-hybridized carbons (Fsp3) is 0.875. The van der Waals surface area contributed by atoms with Crippen LogP contribution in [0.2, 0.25) is 0 Å². The van der Waals surface area contributed by atoms with Crippen LogP contribution in [0.1, 0.15) is 61.8 Å². The summed E-state index contributed by atoms with van der Waals surface area (Å²) in [5.74, 6) is 0. The first-order valence-corrected chi connectivity index (χ1v) is 12.1. The molecular weight excluding hydrogens is 374 g/mol. The first kappa shape index (κ1) is 31.2. The van der Waals surface area contributed by atoms with Gasteiger partial charge >= 0.3 is 0 Å². The normalized spacial score (nSPS) is 14.1. The van der Waals surface area contributed by atoms with Gasteiger partial charge in [-0.3, -0.25) is 4.90 Å². The van der Waals surface area contributed by atoms with Crippen LogP contribution in [0.5, 0.6) is 0 Å². The minimum Gasteiger partial charge on any atom is -0.379 e. The van der Waals surface area contributed by atoms with Gasteiger partial charge in [0.15, 0.2) is 0 Å². The van der Waals surface area contributed by atoms with E-state index in [0.717, 1.165) is 45.9 Å². The van der Waals surface area contributed by atoms with Crippen molar-refractivity contribution in [2.24, 2.45) is 0 Å². The van der Waals surface area contributed by atoms with Crippen molar-refractivity contribution < 1.29 is 4.74 Å². The van der Waals surface area contributed by atoms with Crippen LogP contribution in [-0.4, -0.2) is 96.4 Å². The lowest BCUT2D eigenvalue weighted by Gasteiger charge is -2.29. The van der Waals surface area contributed by atoms with Gasteiger partial charge in [-0.25, -0.2) is 4.98 Å². The molecule has 0 aromatic carbocycles. The number of hydrogen-bond donors (Lipinski definition) is 0. The lowest BCUT2D eigenvalue weighted by molar-refractivity contribution is 0.0333. The van der Waals surface area contributed by atoms with Crippen molar-refractivity contribution in [2.75, 3.05) is 60.0 Å². The topological polar surface area (TPSA) is 36.8 Å². The molecule has 1 aliphatic rings. The molecule has 180 valence electrons. The van der Waals surface area contributed by atoms with E-state index >= 15 is 0 Å². The number of aryl methyl sites for hydroxylation is 1. The number of nitrogens with zero attached hydrogens (tertiary/aromatic N) is 5. The van der Waals surface area contributed by atoms with E-state index < -0.39 is 0 Å². The molecule has 1 aromatic rings. The lowest BCUT2D eigenvalue weighted by atomic mass is 10.3. The minimum atomic E-state index is 0.641. The summed E-state index contributed by atoms with van der Waals surface area (Å²) in [6, 6.07) is 1.30. The molecule has 0 unspecified atom stereocenters. The third kappa shape index (κ3) is 16.8. The van der Waals surface area contributed by atoms with E-state index in [-0.39, 0.29) is 0 Å². The number of hydrogen-bond acceptors (Lipinski definition) is 5. The second-order valence-corrected chi connectivity index (χ2v) is 7.76. The van der Waals surface area contributed by atoms with E-state index in [0.29, 0.717) is 12.1 Å². The fourth-order valence-corrected chi connectivity index (χ4v) is 2.56. The molecule has 1 saturated heterocycles. The van der Waals surface area contributed by atoms with Crippen molar-refractivity contribution in [3.63, 3.8) is 0 Å². The summed E-state index contributed by atoms with van der Waals surface area (Å²) in [6.07, 6.45) is 6.89. The van der Waals surface area contributed by atoms with E-state index in [1.54, 1.807) is 0 Å². The van der Waals surface area contributed by atoms with Gasteiger partial charge in [0.2, 0.25) is 0 Å². The van der Waals surface area contributed by atoms with Crippen molar-refractivity contribution in [3.05, 3.63) is 18.7 Å². The van der Waals surface area contributed by atoms with Crippen LogP contribution in [0.25, 0.3) is 0 Å². The Kier molecular flexibility index (Phi) is 22.2. The van der Waals surface area contributed by atoms with E-state index in [9.17, 15) is 0 Å². The molecule has 1 aromatic heterocycles. The van der Waals surface area contributed by atoms with Crippen LogP contribution in [0, 0.1) is 0 Å². The molecule has 0 spiro atoms. The smallest absolute Gasteiger partial charge is 0.0945 e. The number of ether oxygens (including phenoxy) is 1. The van der Waals surface area contributed by atoms with Gasteiger partial charge in [0.05, 0.1) is 19.5 Å². The second kappa shape index (κ2) is 21.3. The number of morpholine rings is 1. The first-order valence-electron chi connectivity index (χ1n) is 12.1. The summed E-state index contributed by atoms with van der Waals surface area (Å²) >= 11 is 0. The van der Waals surface area contributed by atoms with Gasteiger partial charge < -0.3 is 19.1 Å². The van der Waals surface area contributed by atoms with Crippen molar-refractivity contribution in [3.8, 4) is 0 Å². The fourth-order valence-electron chi connectivity index (χ4n) is 2.56. The van der Waals surface area contributed by atoms with Crippen LogP contribution < -0.4 is 0 Å². The Morgan fingerprint density at radius 3 is 1.87 bits per heavy atom. The second-order valence-electron chi connectivity index (χ2n) is 7.76. The van der Waals surface area contributed by atoms with Crippen LogP contribution in [0.15, 0.2) is 18.7 Å². The SMILES string of the molecule is CC.CC.CC(C)N(C)CCCn1ccnc1.CC(C)N(C)CCN1CCOCC1. The van der Waals surface area contributed by atoms with Crippen molar-refractivity contribution in [1.29, 1.82) is 0 Å². The van der Waals surface area contributed by atoms with Crippen molar-refractivity contribution in [2.45, 2.75) is 80.4 Å². The molecule has 30 heavy (non-hydrogen) atoms. The van der Waals surface area contributed by atoms with Gasteiger partial charge in [0.25, 0.3) is 0 Å². The molecule has 0 radical (unpaired) electrons.